The molecule has 16 heteroatoms. The minimum Gasteiger partial charge on any atom is -0.468 e. The van der Waals surface area contributed by atoms with Gasteiger partial charge < -0.3 is 23.8 Å². The molecular formula is C52H64F5N5O5Si. The third-order valence-electron chi connectivity index (χ3n) is 15.6. The number of amides is 1. The van der Waals surface area contributed by atoms with Crippen LogP contribution in [-0.2, 0) is 9.47 Å². The smallest absolute Gasteiger partial charge is 0.410 e. The number of anilines is 1. The molecule has 4 aromatic rings. The van der Waals surface area contributed by atoms with Crippen molar-refractivity contribution in [3.63, 3.8) is 0 Å². The molecule has 5 heterocycles. The lowest BCUT2D eigenvalue weighted by Gasteiger charge is -2.42. The summed E-state index contributed by atoms with van der Waals surface area (Å²) in [6.07, 6.45) is -0.326. The Morgan fingerprint density at radius 3 is 2.21 bits per heavy atom. The van der Waals surface area contributed by atoms with Crippen LogP contribution in [0.5, 0.6) is 11.8 Å². The van der Waals surface area contributed by atoms with E-state index in [0.717, 1.165) is 12.8 Å². The number of aromatic nitrogens is 2. The maximum absolute atomic E-state index is 18.0. The Hall–Kier alpha value is -4.72. The quantitative estimate of drug-likeness (QED) is 0.0631. The fourth-order valence-electron chi connectivity index (χ4n) is 12.5. The maximum Gasteiger partial charge on any atom is 0.410 e. The first-order chi connectivity index (χ1) is 32.0. The van der Waals surface area contributed by atoms with Crippen molar-refractivity contribution in [2.45, 2.75) is 146 Å². The van der Waals surface area contributed by atoms with Gasteiger partial charge in [-0.3, -0.25) is 9.80 Å². The molecule has 366 valence electrons. The zero-order valence-corrected chi connectivity index (χ0v) is 41.9. The topological polar surface area (TPSA) is 89.5 Å². The third-order valence-corrected chi connectivity index (χ3v) is 21.9. The summed E-state index contributed by atoms with van der Waals surface area (Å²) in [5.74, 6) is -0.0486. The van der Waals surface area contributed by atoms with E-state index in [1.54, 1.807) is 40.1 Å². The van der Waals surface area contributed by atoms with Crippen molar-refractivity contribution in [1.29, 1.82) is 0 Å². The SMILES string of the molecule is COCOc1cc(-c2ccc3c(N4CC5CCC(C4)N5C(=O)OC(C)(C)C)nc(OC[C@@]45C[C@@H](F)CN4C[C@]4(CC4(F)F)C5)nc3c2F)c2c(C#C[Si](C(C)C)(C(C)C)C(C)C)c(F)ccc2c1. The predicted octanol–water partition coefficient (Wildman–Crippen LogP) is 11.5. The lowest BCUT2D eigenvalue weighted by molar-refractivity contribution is 0.0122. The Bertz CT molecular complexity index is 2670. The number of benzene rings is 3. The molecule has 4 aliphatic heterocycles. The van der Waals surface area contributed by atoms with Crippen LogP contribution in [0.3, 0.4) is 0 Å². The standard InChI is InChI=1S/C52H64F5N5O5Si/c1-30(2)68(31(3)4,32(5)6)18-17-39-42(54)16-11-33-19-37(66-29-64-10)20-41(43(33)39)38-14-15-40-45(44(38)55)58-47(65-28-51-21-34(53)22-61(51)27-50(25-51)26-52(50,56)57)59-46(40)60-23-35-12-13-36(24-60)62(35)48(63)67-49(7,8)9/h11,14-16,19-20,30-32,34-36H,12-13,21-29H2,1-10H3/t34-,35?,36?,50-,51+/m1/s1. The number of hydrogen-bond acceptors (Lipinski definition) is 9. The van der Waals surface area contributed by atoms with Gasteiger partial charge in [0, 0.05) is 62.5 Å². The zero-order chi connectivity index (χ0) is 48.9. The van der Waals surface area contributed by atoms with E-state index in [4.69, 9.17) is 28.9 Å². The molecule has 5 aliphatic rings. The first kappa shape index (κ1) is 48.3. The molecule has 5 atom stereocenters. The Labute approximate surface area is 397 Å². The average Bonchev–Trinajstić information content (AvgIpc) is 3.44. The maximum atomic E-state index is 18.0. The molecule has 1 aliphatic carbocycles. The fourth-order valence-corrected chi connectivity index (χ4v) is 17.7. The summed E-state index contributed by atoms with van der Waals surface area (Å²) in [5.41, 5.74) is 2.06. The normalized spacial score (nSPS) is 25.5. The minimum atomic E-state index is -2.84. The summed E-state index contributed by atoms with van der Waals surface area (Å²) >= 11 is 0. The summed E-state index contributed by atoms with van der Waals surface area (Å²) in [6, 6.07) is 9.17. The molecule has 0 radical (unpaired) electrons. The number of alkyl halides is 3. The van der Waals surface area contributed by atoms with Gasteiger partial charge in [-0.25, -0.2) is 26.7 Å². The van der Waals surface area contributed by atoms with Crippen LogP contribution in [-0.4, -0.2) is 116 Å². The van der Waals surface area contributed by atoms with Gasteiger partial charge in [0.2, 0.25) is 0 Å². The molecule has 4 saturated heterocycles. The van der Waals surface area contributed by atoms with Gasteiger partial charge in [0.25, 0.3) is 5.92 Å². The Balaban J connectivity index is 1.19. The van der Waals surface area contributed by atoms with E-state index >= 15 is 13.2 Å². The second kappa shape index (κ2) is 17.3. The molecule has 2 unspecified atom stereocenters. The zero-order valence-electron chi connectivity index (χ0n) is 40.9. The van der Waals surface area contributed by atoms with Gasteiger partial charge in [0.05, 0.1) is 28.6 Å². The monoisotopic (exact) mass is 961 g/mol. The van der Waals surface area contributed by atoms with Gasteiger partial charge in [-0.15, -0.1) is 5.54 Å². The van der Waals surface area contributed by atoms with Gasteiger partial charge in [0.1, 0.15) is 49.4 Å². The van der Waals surface area contributed by atoms with Crippen molar-refractivity contribution >= 4 is 41.7 Å². The second-order valence-corrected chi connectivity index (χ2v) is 27.6. The largest absolute Gasteiger partial charge is 0.468 e. The minimum absolute atomic E-state index is 0.0191. The summed E-state index contributed by atoms with van der Waals surface area (Å²) in [7, 11) is -0.866. The molecule has 10 nitrogen and oxygen atoms in total. The number of piperazine rings is 1. The number of fused-ring (bicyclic) bond motifs is 5. The Morgan fingerprint density at radius 2 is 1.59 bits per heavy atom. The first-order valence-electron chi connectivity index (χ1n) is 24.1. The lowest BCUT2D eigenvalue weighted by atomic mass is 9.88. The van der Waals surface area contributed by atoms with E-state index in [9.17, 15) is 13.6 Å². The predicted molar refractivity (Wildman–Crippen MR) is 256 cm³/mol. The molecule has 1 aromatic heterocycles. The average molecular weight is 962 g/mol. The molecule has 2 bridgehead atoms. The van der Waals surface area contributed by atoms with Crippen molar-refractivity contribution in [2.75, 3.05) is 51.6 Å². The van der Waals surface area contributed by atoms with Gasteiger partial charge in [-0.2, -0.15) is 9.97 Å². The highest BCUT2D eigenvalue weighted by molar-refractivity contribution is 6.90. The first-order valence-corrected chi connectivity index (χ1v) is 26.3. The molecule has 1 spiro atoms. The number of hydrogen-bond donors (Lipinski definition) is 0. The summed E-state index contributed by atoms with van der Waals surface area (Å²) in [5, 5.41) is 1.36. The van der Waals surface area contributed by atoms with E-state index < -0.39 is 54.5 Å². The molecule has 68 heavy (non-hydrogen) atoms. The Kier molecular flexibility index (Phi) is 12.3. The van der Waals surface area contributed by atoms with Crippen molar-refractivity contribution in [2.24, 2.45) is 5.41 Å². The molecule has 5 fully saturated rings. The number of rotatable bonds is 11. The van der Waals surface area contributed by atoms with E-state index in [1.165, 1.54) is 13.2 Å². The van der Waals surface area contributed by atoms with E-state index in [0.29, 0.717) is 46.4 Å². The molecule has 3 aromatic carbocycles. The molecular weight excluding hydrogens is 898 g/mol. The van der Waals surface area contributed by atoms with Crippen molar-refractivity contribution in [3.8, 4) is 34.4 Å². The highest BCUT2D eigenvalue weighted by Gasteiger charge is 2.78. The Morgan fingerprint density at radius 1 is 0.912 bits per heavy atom. The van der Waals surface area contributed by atoms with Crippen LogP contribution in [0, 0.1) is 28.5 Å². The van der Waals surface area contributed by atoms with E-state index in [2.05, 4.69) is 53.0 Å². The van der Waals surface area contributed by atoms with Crippen LogP contribution in [0.2, 0.25) is 16.6 Å². The van der Waals surface area contributed by atoms with Crippen LogP contribution >= 0.6 is 0 Å². The van der Waals surface area contributed by atoms with Gasteiger partial charge in [-0.1, -0.05) is 59.6 Å². The number of halogens is 5. The number of carbonyl (C=O) groups is 1. The van der Waals surface area contributed by atoms with Crippen LogP contribution in [0.15, 0.2) is 36.4 Å². The van der Waals surface area contributed by atoms with Crippen molar-refractivity contribution in [1.82, 2.24) is 19.8 Å². The van der Waals surface area contributed by atoms with Crippen LogP contribution in [0.4, 0.5) is 32.6 Å². The number of carbonyl (C=O) groups excluding carboxylic acids is 1. The highest BCUT2D eigenvalue weighted by atomic mass is 28.3. The van der Waals surface area contributed by atoms with E-state index in [1.807, 2.05) is 25.7 Å². The third kappa shape index (κ3) is 8.25. The molecule has 1 amide bonds. The van der Waals surface area contributed by atoms with Crippen molar-refractivity contribution < 1.29 is 45.7 Å². The van der Waals surface area contributed by atoms with Crippen molar-refractivity contribution in [3.05, 3.63) is 53.6 Å². The van der Waals surface area contributed by atoms with Gasteiger partial charge in [0.15, 0.2) is 12.6 Å². The summed E-state index contributed by atoms with van der Waals surface area (Å²) in [4.78, 5) is 28.7. The molecule has 9 rings (SSSR count). The summed E-state index contributed by atoms with van der Waals surface area (Å²) in [6.45, 7) is 19.2. The fraction of sp³-hybridized carbons (Fsp3) is 0.596. The van der Waals surface area contributed by atoms with Crippen LogP contribution in [0.1, 0.15) is 100.0 Å². The number of ether oxygens (including phenoxy) is 4. The van der Waals surface area contributed by atoms with Crippen LogP contribution < -0.4 is 14.4 Å². The van der Waals surface area contributed by atoms with Gasteiger partial charge in [-0.05, 0) is 91.9 Å². The lowest BCUT2D eigenvalue weighted by Crippen LogP contribution is -2.57. The van der Waals surface area contributed by atoms with Crippen LogP contribution in [0.25, 0.3) is 32.8 Å². The highest BCUT2D eigenvalue weighted by Crippen LogP contribution is 2.69. The second-order valence-electron chi connectivity index (χ2n) is 22.1. The molecule has 0 N–H and O–H groups in total. The molecule has 1 saturated carbocycles. The number of methoxy groups -OCH3 is 1. The van der Waals surface area contributed by atoms with Gasteiger partial charge >= 0.3 is 12.1 Å². The van der Waals surface area contributed by atoms with E-state index in [-0.39, 0.29) is 97.1 Å². The summed E-state index contributed by atoms with van der Waals surface area (Å²) < 4.78 is 103. The number of nitrogens with zero attached hydrogens (tertiary/aromatic N) is 5.